The number of esters is 1. The first-order chi connectivity index (χ1) is 9.39. The van der Waals surface area contributed by atoms with Gasteiger partial charge in [-0.1, -0.05) is 23.8 Å². The van der Waals surface area contributed by atoms with Crippen molar-refractivity contribution >= 4 is 5.97 Å². The average Bonchev–Trinajstić information content (AvgIpc) is 2.43. The van der Waals surface area contributed by atoms with Crippen molar-refractivity contribution in [2.45, 2.75) is 39.7 Å². The average molecular weight is 275 g/mol. The number of carbonyl (C=O) groups excluding carboxylic acids is 1. The largest absolute Gasteiger partial charge is 0.476 e. The lowest BCUT2D eigenvalue weighted by Gasteiger charge is -2.23. The van der Waals surface area contributed by atoms with E-state index < -0.39 is 5.60 Å². The lowest BCUT2D eigenvalue weighted by molar-refractivity contribution is -0.156. The van der Waals surface area contributed by atoms with Gasteiger partial charge in [-0.3, -0.25) is 0 Å². The molecule has 0 spiro atoms. The first-order valence-electron chi connectivity index (χ1n) is 6.71. The summed E-state index contributed by atoms with van der Waals surface area (Å²) in [6.45, 7) is 7.48. The number of allylic oxidation sites excluding steroid dienone is 2. The Morgan fingerprint density at radius 3 is 2.65 bits per heavy atom. The standard InChI is InChI=1S/C17H23O3/c1-6-13(2)10-11-14-8-7-9-15(12-14)20-17(3,4)16(18)19-5/h6-10,12H,11H2,1-5H3. The van der Waals surface area contributed by atoms with Gasteiger partial charge in [0, 0.05) is 0 Å². The van der Waals surface area contributed by atoms with Crippen LogP contribution < -0.4 is 4.74 Å². The maximum atomic E-state index is 11.6. The molecule has 3 heteroatoms. The van der Waals surface area contributed by atoms with Gasteiger partial charge in [-0.15, -0.1) is 0 Å². The van der Waals surface area contributed by atoms with E-state index in [0.717, 1.165) is 12.0 Å². The monoisotopic (exact) mass is 275 g/mol. The Morgan fingerprint density at radius 1 is 1.35 bits per heavy atom. The van der Waals surface area contributed by atoms with Crippen molar-refractivity contribution in [3.05, 3.63) is 47.9 Å². The zero-order valence-corrected chi connectivity index (χ0v) is 12.9. The normalized spacial score (nSPS) is 12.2. The topological polar surface area (TPSA) is 35.5 Å². The minimum Gasteiger partial charge on any atom is -0.476 e. The summed E-state index contributed by atoms with van der Waals surface area (Å²) >= 11 is 0. The third kappa shape index (κ3) is 4.72. The number of ether oxygens (including phenoxy) is 2. The zero-order chi connectivity index (χ0) is 15.2. The molecule has 0 saturated carbocycles. The van der Waals surface area contributed by atoms with E-state index in [1.165, 1.54) is 12.7 Å². The summed E-state index contributed by atoms with van der Waals surface area (Å²) in [6, 6.07) is 7.76. The lowest BCUT2D eigenvalue weighted by atomic mass is 10.0. The molecule has 0 aliphatic rings. The fourth-order valence-corrected chi connectivity index (χ4v) is 1.71. The first-order valence-corrected chi connectivity index (χ1v) is 6.71. The maximum absolute atomic E-state index is 11.6. The van der Waals surface area contributed by atoms with Gasteiger partial charge in [-0.25, -0.2) is 4.79 Å². The van der Waals surface area contributed by atoms with Crippen molar-refractivity contribution in [3.63, 3.8) is 0 Å². The van der Waals surface area contributed by atoms with Crippen LogP contribution in [0.15, 0.2) is 35.9 Å². The Kier molecular flexibility index (Phi) is 5.81. The van der Waals surface area contributed by atoms with Crippen LogP contribution in [0.4, 0.5) is 0 Å². The Labute approximate surface area is 121 Å². The molecule has 1 rings (SSSR count). The molecular weight excluding hydrogens is 252 g/mol. The fraction of sp³-hybridized carbons (Fsp3) is 0.412. The minimum absolute atomic E-state index is 0.390. The summed E-state index contributed by atoms with van der Waals surface area (Å²) in [7, 11) is 1.36. The van der Waals surface area contributed by atoms with Gasteiger partial charge < -0.3 is 9.47 Å². The van der Waals surface area contributed by atoms with E-state index in [4.69, 9.17) is 9.47 Å². The van der Waals surface area contributed by atoms with Gasteiger partial charge in [-0.2, -0.15) is 0 Å². The third-order valence-electron chi connectivity index (χ3n) is 3.06. The number of hydrogen-bond acceptors (Lipinski definition) is 3. The number of hydrogen-bond donors (Lipinski definition) is 0. The van der Waals surface area contributed by atoms with E-state index in [-0.39, 0.29) is 5.97 Å². The number of rotatable bonds is 6. The molecule has 0 bridgehead atoms. The molecule has 0 aliphatic carbocycles. The van der Waals surface area contributed by atoms with Crippen molar-refractivity contribution < 1.29 is 14.3 Å². The highest BCUT2D eigenvalue weighted by atomic mass is 16.6. The van der Waals surface area contributed by atoms with Gasteiger partial charge in [0.2, 0.25) is 0 Å². The number of carbonyl (C=O) groups is 1. The van der Waals surface area contributed by atoms with E-state index in [9.17, 15) is 4.79 Å². The number of benzene rings is 1. The predicted molar refractivity (Wildman–Crippen MR) is 80.6 cm³/mol. The molecule has 0 aromatic heterocycles. The van der Waals surface area contributed by atoms with E-state index in [1.807, 2.05) is 31.2 Å². The van der Waals surface area contributed by atoms with Crippen LogP contribution in [0.2, 0.25) is 0 Å². The van der Waals surface area contributed by atoms with Crippen molar-refractivity contribution in [3.8, 4) is 5.75 Å². The van der Waals surface area contributed by atoms with Crippen LogP contribution >= 0.6 is 0 Å². The van der Waals surface area contributed by atoms with Crippen LogP contribution in [0, 0.1) is 6.42 Å². The lowest BCUT2D eigenvalue weighted by Crippen LogP contribution is -2.39. The molecule has 0 unspecified atom stereocenters. The van der Waals surface area contributed by atoms with E-state index >= 15 is 0 Å². The Hall–Kier alpha value is -1.77. The van der Waals surface area contributed by atoms with Crippen LogP contribution in [-0.2, 0) is 16.0 Å². The SMILES string of the molecule is CC=C(C)[CH]Cc1cccc(OC(C)(C)C(=O)OC)c1. The van der Waals surface area contributed by atoms with E-state index in [2.05, 4.69) is 19.4 Å². The second-order valence-corrected chi connectivity index (χ2v) is 5.19. The molecule has 109 valence electrons. The summed E-state index contributed by atoms with van der Waals surface area (Å²) in [4.78, 5) is 11.6. The molecule has 0 atom stereocenters. The Bertz CT molecular complexity index is 487. The summed E-state index contributed by atoms with van der Waals surface area (Å²) in [6.07, 6.45) is 5.07. The van der Waals surface area contributed by atoms with Gasteiger partial charge >= 0.3 is 5.97 Å². The molecule has 1 radical (unpaired) electrons. The molecule has 0 aliphatic heterocycles. The molecule has 0 saturated heterocycles. The van der Waals surface area contributed by atoms with Crippen LogP contribution in [-0.4, -0.2) is 18.7 Å². The summed E-state index contributed by atoms with van der Waals surface area (Å²) in [5.74, 6) is 0.281. The Morgan fingerprint density at radius 2 is 2.05 bits per heavy atom. The van der Waals surface area contributed by atoms with Crippen molar-refractivity contribution in [1.29, 1.82) is 0 Å². The summed E-state index contributed by atoms with van der Waals surface area (Å²) in [5, 5.41) is 0. The fourth-order valence-electron chi connectivity index (χ4n) is 1.71. The van der Waals surface area contributed by atoms with Crippen LogP contribution in [0.5, 0.6) is 5.75 Å². The molecule has 0 amide bonds. The zero-order valence-electron chi connectivity index (χ0n) is 12.9. The molecule has 3 nitrogen and oxygen atoms in total. The van der Waals surface area contributed by atoms with Crippen LogP contribution in [0.3, 0.4) is 0 Å². The van der Waals surface area contributed by atoms with Gasteiger partial charge in [0.1, 0.15) is 5.75 Å². The highest BCUT2D eigenvalue weighted by Gasteiger charge is 2.31. The molecule has 20 heavy (non-hydrogen) atoms. The first kappa shape index (κ1) is 16.3. The van der Waals surface area contributed by atoms with Gasteiger partial charge in [-0.05, 0) is 58.2 Å². The highest BCUT2D eigenvalue weighted by Crippen LogP contribution is 2.21. The predicted octanol–water partition coefficient (Wildman–Crippen LogP) is 3.73. The van der Waals surface area contributed by atoms with E-state index in [0.29, 0.717) is 5.75 Å². The van der Waals surface area contributed by atoms with Crippen molar-refractivity contribution in [2.24, 2.45) is 0 Å². The molecule has 0 heterocycles. The third-order valence-corrected chi connectivity index (χ3v) is 3.06. The molecule has 0 N–H and O–H groups in total. The maximum Gasteiger partial charge on any atom is 0.349 e. The number of methoxy groups -OCH3 is 1. The van der Waals surface area contributed by atoms with E-state index in [1.54, 1.807) is 13.8 Å². The molecule has 0 fully saturated rings. The second-order valence-electron chi connectivity index (χ2n) is 5.19. The molecule has 1 aromatic carbocycles. The molecular formula is C17H23O3. The van der Waals surface area contributed by atoms with Gasteiger partial charge in [0.15, 0.2) is 5.60 Å². The van der Waals surface area contributed by atoms with Crippen LogP contribution in [0.1, 0.15) is 33.3 Å². The van der Waals surface area contributed by atoms with Gasteiger partial charge in [0.25, 0.3) is 0 Å². The molecule has 1 aromatic rings. The van der Waals surface area contributed by atoms with Gasteiger partial charge in [0.05, 0.1) is 7.11 Å². The van der Waals surface area contributed by atoms with Crippen LogP contribution in [0.25, 0.3) is 0 Å². The summed E-state index contributed by atoms with van der Waals surface area (Å²) in [5.41, 5.74) is 1.40. The highest BCUT2D eigenvalue weighted by molar-refractivity contribution is 5.78. The Balaban J connectivity index is 2.75. The quantitative estimate of drug-likeness (QED) is 0.742. The minimum atomic E-state index is -0.990. The second kappa shape index (κ2) is 7.13. The van der Waals surface area contributed by atoms with Crippen molar-refractivity contribution in [2.75, 3.05) is 7.11 Å². The smallest absolute Gasteiger partial charge is 0.349 e. The van der Waals surface area contributed by atoms with Crippen molar-refractivity contribution in [1.82, 2.24) is 0 Å². The summed E-state index contributed by atoms with van der Waals surface area (Å²) < 4.78 is 10.5.